The first-order valence-corrected chi connectivity index (χ1v) is 9.69. The number of aliphatic carboxylic acids is 4. The molecule has 0 aliphatic carbocycles. The first-order valence-electron chi connectivity index (χ1n) is 9.69. The molecule has 0 unspecified atom stereocenters. The Hall–Kier alpha value is -2.56. The molecule has 0 saturated carbocycles. The molecule has 0 amide bonds. The Balaban J connectivity index is -0.000000105. The van der Waals surface area contributed by atoms with E-state index in [2.05, 4.69) is 0 Å². The van der Waals surface area contributed by atoms with Crippen molar-refractivity contribution in [2.75, 3.05) is 0 Å². The van der Waals surface area contributed by atoms with Crippen LogP contribution in [0.2, 0.25) is 0 Å². The van der Waals surface area contributed by atoms with Crippen LogP contribution in [0, 0.1) is 0 Å². The third-order valence-electron chi connectivity index (χ3n) is 2.82. The zero-order chi connectivity index (χ0) is 26.3. The number of carboxylic acids is 4. The maximum Gasteiger partial charge on any atom is 4.00 e. The molecule has 0 bridgehead atoms. The largest absolute Gasteiger partial charge is 4.00 e. The number of carbonyl (C=O) groups excluding carboxylic acids is 8. The summed E-state index contributed by atoms with van der Waals surface area (Å²) in [7, 11) is 0. The average Bonchev–Trinajstić information content (AvgIpc) is 2.70. The molecule has 33 heavy (non-hydrogen) atoms. The molecule has 0 aromatic heterocycles. The quantitative estimate of drug-likeness (QED) is 0.214. The summed E-state index contributed by atoms with van der Waals surface area (Å²) >= 11 is 0. The Labute approximate surface area is 210 Å². The number of carboxylic acid groups (broad SMARTS) is 4. The van der Waals surface area contributed by atoms with Crippen molar-refractivity contribution in [3.05, 3.63) is 0 Å². The van der Waals surface area contributed by atoms with Crippen molar-refractivity contribution >= 4 is 47.0 Å². The van der Waals surface area contributed by atoms with Gasteiger partial charge in [-0.25, -0.2) is 0 Å². The minimum Gasteiger partial charge on any atom is -0.542 e. The number of ketones is 4. The van der Waals surface area contributed by atoms with E-state index in [1.54, 1.807) is 27.7 Å². The minimum atomic E-state index is -1.58. The predicted octanol–water partition coefficient (Wildman–Crippen LogP) is -3.58. The molecule has 12 nitrogen and oxygen atoms in total. The van der Waals surface area contributed by atoms with E-state index in [0.29, 0.717) is 25.7 Å². The van der Waals surface area contributed by atoms with Gasteiger partial charge in [0.15, 0.2) is 23.1 Å². The summed E-state index contributed by atoms with van der Waals surface area (Å²) in [6.45, 7) is 6.95. The smallest absolute Gasteiger partial charge is 0.542 e. The second kappa shape index (κ2) is 27.5. The molecule has 0 rings (SSSR count). The van der Waals surface area contributed by atoms with Crippen LogP contribution in [0.3, 0.4) is 0 Å². The van der Waals surface area contributed by atoms with Crippen molar-refractivity contribution in [1.29, 1.82) is 0 Å². The van der Waals surface area contributed by atoms with Crippen molar-refractivity contribution in [3.63, 3.8) is 0 Å². The monoisotopic (exact) mass is 550 g/mol. The first-order chi connectivity index (χ1) is 14.7. The Bertz CT molecular complexity index is 543. The van der Waals surface area contributed by atoms with Crippen molar-refractivity contribution in [2.45, 2.75) is 79.1 Å². The van der Waals surface area contributed by atoms with Crippen LogP contribution >= 0.6 is 0 Å². The molecule has 0 aromatic carbocycles. The Kier molecular flexibility index (Phi) is 33.9. The summed E-state index contributed by atoms with van der Waals surface area (Å²) in [6.07, 6.45) is 2.59. The molecule has 13 heteroatoms. The van der Waals surface area contributed by atoms with Gasteiger partial charge in [0.25, 0.3) is 0 Å². The first kappa shape index (κ1) is 40.8. The third kappa shape index (κ3) is 34.3. The number of Topliss-reactive ketones (excluding diaryl/α,β-unsaturated/α-hetero) is 4. The number of hydrogen-bond acceptors (Lipinski definition) is 12. The van der Waals surface area contributed by atoms with Gasteiger partial charge in [-0.2, -0.15) is 0 Å². The van der Waals surface area contributed by atoms with Gasteiger partial charge in [-0.3, -0.25) is 19.2 Å². The van der Waals surface area contributed by atoms with Gasteiger partial charge in [0.1, 0.15) is 23.9 Å². The van der Waals surface area contributed by atoms with Crippen molar-refractivity contribution in [2.24, 2.45) is 0 Å². The van der Waals surface area contributed by atoms with Crippen LogP contribution in [0.1, 0.15) is 79.1 Å². The van der Waals surface area contributed by atoms with Crippen LogP contribution in [-0.4, -0.2) is 47.0 Å². The van der Waals surface area contributed by atoms with Crippen LogP contribution in [-0.2, 0) is 64.6 Å². The molecule has 0 saturated heterocycles. The predicted molar refractivity (Wildman–Crippen MR) is 99.7 cm³/mol. The number of hydrogen-bond donors (Lipinski definition) is 0. The fourth-order valence-corrected chi connectivity index (χ4v) is 1.32. The molecule has 0 atom stereocenters. The van der Waals surface area contributed by atoms with E-state index in [4.69, 9.17) is 0 Å². The Morgan fingerprint density at radius 3 is 0.545 bits per heavy atom. The molecule has 0 aliphatic heterocycles. The van der Waals surface area contributed by atoms with Gasteiger partial charge in [0, 0.05) is 25.7 Å². The number of rotatable bonds is 12. The summed E-state index contributed by atoms with van der Waals surface area (Å²) < 4.78 is 0. The van der Waals surface area contributed by atoms with E-state index in [1.807, 2.05) is 0 Å². The van der Waals surface area contributed by atoms with E-state index in [0.717, 1.165) is 0 Å². The molecule has 0 heterocycles. The zero-order valence-corrected chi connectivity index (χ0v) is 21.5. The Morgan fingerprint density at radius 2 is 0.515 bits per heavy atom. The molecule has 0 fully saturated rings. The fraction of sp³-hybridized carbons (Fsp3) is 0.600. The van der Waals surface area contributed by atoms with Crippen molar-refractivity contribution in [1.82, 2.24) is 0 Å². The third-order valence-corrected chi connectivity index (χ3v) is 2.82. The topological polar surface area (TPSA) is 229 Å². The van der Waals surface area contributed by atoms with Crippen LogP contribution < -0.4 is 20.4 Å². The minimum absolute atomic E-state index is 0. The van der Waals surface area contributed by atoms with Crippen molar-refractivity contribution in [3.8, 4) is 0 Å². The molecular formula is C20H28O12Zr. The van der Waals surface area contributed by atoms with E-state index in [1.165, 1.54) is 0 Å². The molecule has 184 valence electrons. The van der Waals surface area contributed by atoms with Gasteiger partial charge in [0.05, 0.1) is 0 Å². The maximum atomic E-state index is 10.1. The number of carbonyl (C=O) groups is 8. The maximum absolute atomic E-state index is 10.1. The van der Waals surface area contributed by atoms with Crippen LogP contribution in [0.15, 0.2) is 0 Å². The molecule has 0 N–H and O–H groups in total. The van der Waals surface area contributed by atoms with Gasteiger partial charge in [-0.1, -0.05) is 27.7 Å². The molecule has 0 aromatic rings. The second-order valence-electron chi connectivity index (χ2n) is 5.84. The van der Waals surface area contributed by atoms with E-state index in [9.17, 15) is 58.8 Å². The Morgan fingerprint density at radius 1 is 0.394 bits per heavy atom. The molecular weight excluding hydrogens is 523 g/mol. The zero-order valence-electron chi connectivity index (χ0n) is 19.1. The standard InChI is InChI=1S/4C5H8O3.Zr/c4*1-2-3-4(6)5(7)8;/h4*2-3H2,1H3,(H,7,8);/q;;;;+4/p-4. The average molecular weight is 552 g/mol. The summed E-state index contributed by atoms with van der Waals surface area (Å²) in [5, 5.41) is 38.5. The molecule has 0 radical (unpaired) electrons. The van der Waals surface area contributed by atoms with E-state index >= 15 is 0 Å². The molecule has 0 spiro atoms. The van der Waals surface area contributed by atoms with Gasteiger partial charge in [-0.15, -0.1) is 0 Å². The van der Waals surface area contributed by atoms with Gasteiger partial charge >= 0.3 is 26.2 Å². The van der Waals surface area contributed by atoms with Crippen molar-refractivity contribution < 1.29 is 85.0 Å². The van der Waals surface area contributed by atoms with E-state index < -0.39 is 47.0 Å². The molecule has 0 aliphatic rings. The van der Waals surface area contributed by atoms with Gasteiger partial charge < -0.3 is 39.6 Å². The van der Waals surface area contributed by atoms with Gasteiger partial charge in [0.2, 0.25) is 0 Å². The SMILES string of the molecule is CCCC(=O)C(=O)[O-].CCCC(=O)C(=O)[O-].CCCC(=O)C(=O)[O-].CCCC(=O)C(=O)[O-].[Zr+4]. The van der Waals surface area contributed by atoms with Crippen LogP contribution in [0.5, 0.6) is 0 Å². The van der Waals surface area contributed by atoms with Crippen LogP contribution in [0.4, 0.5) is 0 Å². The van der Waals surface area contributed by atoms with Gasteiger partial charge in [-0.05, 0) is 25.7 Å². The van der Waals surface area contributed by atoms with Crippen LogP contribution in [0.25, 0.3) is 0 Å². The summed E-state index contributed by atoms with van der Waals surface area (Å²) in [5.41, 5.74) is 0. The normalized spacial score (nSPS) is 8.36. The second-order valence-corrected chi connectivity index (χ2v) is 5.84. The summed E-state index contributed by atoms with van der Waals surface area (Å²) in [4.78, 5) is 78.8. The van der Waals surface area contributed by atoms with E-state index in [-0.39, 0.29) is 51.9 Å². The fourth-order valence-electron chi connectivity index (χ4n) is 1.32. The summed E-state index contributed by atoms with van der Waals surface area (Å²) in [5.74, 6) is -9.56. The summed E-state index contributed by atoms with van der Waals surface area (Å²) in [6, 6.07) is 0.